The monoisotopic (exact) mass is 538 g/mol. The van der Waals surface area contributed by atoms with Gasteiger partial charge in [0.25, 0.3) is 0 Å². The summed E-state index contributed by atoms with van der Waals surface area (Å²) in [5.74, 6) is 1.72. The molecule has 37 heavy (non-hydrogen) atoms. The Labute approximate surface area is 219 Å². The van der Waals surface area contributed by atoms with Gasteiger partial charge >= 0.3 is 0 Å². The molecule has 1 heterocycles. The van der Waals surface area contributed by atoms with Crippen LogP contribution in [0.3, 0.4) is 0 Å². The van der Waals surface area contributed by atoms with Crippen molar-refractivity contribution < 1.29 is 41.9 Å². The summed E-state index contributed by atoms with van der Waals surface area (Å²) in [6.45, 7) is 4.17. The Morgan fingerprint density at radius 2 is 1.35 bits per heavy atom. The molecule has 0 saturated carbocycles. The van der Waals surface area contributed by atoms with Crippen LogP contribution in [0.5, 0.6) is 28.7 Å². The van der Waals surface area contributed by atoms with Crippen molar-refractivity contribution in [3.63, 3.8) is 0 Å². The number of benzene rings is 2. The molecule has 1 aliphatic heterocycles. The highest BCUT2D eigenvalue weighted by atomic mass is 32.2. The van der Waals surface area contributed by atoms with Gasteiger partial charge < -0.3 is 33.5 Å². The SMILES string of the molecule is CCCOc1cc([C@@H]2CC[C@@H](c3cc(OC)c(OC)c(OC)c3)O2)cc(S(=O)(=O)CCO)c1OCCC. The molecule has 2 aromatic rings. The van der Waals surface area contributed by atoms with E-state index in [-0.39, 0.29) is 22.9 Å². The highest BCUT2D eigenvalue weighted by Crippen LogP contribution is 2.48. The summed E-state index contributed by atoms with van der Waals surface area (Å²) in [5, 5.41) is 9.40. The molecule has 206 valence electrons. The lowest BCUT2D eigenvalue weighted by molar-refractivity contribution is 0.0435. The zero-order valence-corrected chi connectivity index (χ0v) is 23.1. The van der Waals surface area contributed by atoms with E-state index in [1.165, 1.54) is 0 Å². The summed E-state index contributed by atoms with van der Waals surface area (Å²) in [7, 11) is 0.859. The summed E-state index contributed by atoms with van der Waals surface area (Å²) < 4.78 is 60.9. The highest BCUT2D eigenvalue weighted by molar-refractivity contribution is 7.91. The van der Waals surface area contributed by atoms with E-state index in [1.807, 2.05) is 26.0 Å². The molecule has 2 aromatic carbocycles. The lowest BCUT2D eigenvalue weighted by Crippen LogP contribution is -2.14. The summed E-state index contributed by atoms with van der Waals surface area (Å²) in [6.07, 6.45) is 2.21. The molecule has 1 fully saturated rings. The zero-order chi connectivity index (χ0) is 27.0. The van der Waals surface area contributed by atoms with E-state index in [0.717, 1.165) is 12.0 Å². The molecule has 1 aliphatic rings. The van der Waals surface area contributed by atoms with Crippen LogP contribution < -0.4 is 23.7 Å². The van der Waals surface area contributed by atoms with E-state index >= 15 is 0 Å². The van der Waals surface area contributed by atoms with Gasteiger partial charge in [0.15, 0.2) is 32.8 Å². The molecule has 0 unspecified atom stereocenters. The van der Waals surface area contributed by atoms with Gasteiger partial charge in [-0.05, 0) is 61.1 Å². The minimum atomic E-state index is -3.82. The molecule has 1 saturated heterocycles. The second-order valence-electron chi connectivity index (χ2n) is 8.74. The molecule has 10 heteroatoms. The van der Waals surface area contributed by atoms with Gasteiger partial charge in [-0.1, -0.05) is 13.8 Å². The smallest absolute Gasteiger partial charge is 0.203 e. The van der Waals surface area contributed by atoms with E-state index in [9.17, 15) is 13.5 Å². The van der Waals surface area contributed by atoms with Crippen molar-refractivity contribution in [2.75, 3.05) is 46.9 Å². The number of methoxy groups -OCH3 is 3. The van der Waals surface area contributed by atoms with Gasteiger partial charge in [0.05, 0.1) is 59.1 Å². The van der Waals surface area contributed by atoms with Gasteiger partial charge in [-0.2, -0.15) is 0 Å². The quantitative estimate of drug-likeness (QED) is 0.368. The first-order valence-corrected chi connectivity index (χ1v) is 14.2. The molecule has 0 spiro atoms. The second kappa shape index (κ2) is 13.2. The molecule has 0 radical (unpaired) electrons. The number of aliphatic hydroxyl groups is 1. The van der Waals surface area contributed by atoms with Crippen molar-refractivity contribution in [2.45, 2.75) is 56.6 Å². The topological polar surface area (TPSA) is 110 Å². The fourth-order valence-corrected chi connectivity index (χ4v) is 5.54. The molecule has 0 amide bonds. The Morgan fingerprint density at radius 1 is 0.811 bits per heavy atom. The van der Waals surface area contributed by atoms with E-state index < -0.39 is 22.2 Å². The largest absolute Gasteiger partial charge is 0.493 e. The molecule has 0 aliphatic carbocycles. The fraction of sp³-hybridized carbons (Fsp3) is 0.556. The van der Waals surface area contributed by atoms with Crippen molar-refractivity contribution in [2.24, 2.45) is 0 Å². The second-order valence-corrected chi connectivity index (χ2v) is 10.8. The predicted octanol–water partition coefficient (Wildman–Crippen LogP) is 4.65. The van der Waals surface area contributed by atoms with Gasteiger partial charge in [0, 0.05) is 0 Å². The van der Waals surface area contributed by atoms with E-state index in [2.05, 4.69) is 0 Å². The zero-order valence-electron chi connectivity index (χ0n) is 22.2. The average Bonchev–Trinajstić information content (AvgIpc) is 3.40. The number of ether oxygens (including phenoxy) is 6. The third-order valence-corrected chi connectivity index (χ3v) is 7.79. The lowest BCUT2D eigenvalue weighted by Gasteiger charge is -2.21. The predicted molar refractivity (Wildman–Crippen MR) is 139 cm³/mol. The molecule has 0 aromatic heterocycles. The summed E-state index contributed by atoms with van der Waals surface area (Å²) in [6, 6.07) is 7.13. The van der Waals surface area contributed by atoms with Gasteiger partial charge in [0.1, 0.15) is 4.90 Å². The van der Waals surface area contributed by atoms with Crippen LogP contribution in [-0.2, 0) is 14.6 Å². The number of hydrogen-bond acceptors (Lipinski definition) is 9. The van der Waals surface area contributed by atoms with E-state index in [1.54, 1.807) is 33.5 Å². The van der Waals surface area contributed by atoms with Crippen LogP contribution in [0.1, 0.15) is 62.9 Å². The Bertz CT molecular complexity index is 1120. The van der Waals surface area contributed by atoms with Crippen LogP contribution in [0.2, 0.25) is 0 Å². The molecule has 0 bridgehead atoms. The lowest BCUT2D eigenvalue weighted by atomic mass is 10.0. The maximum absolute atomic E-state index is 13.1. The van der Waals surface area contributed by atoms with Crippen LogP contribution in [-0.4, -0.2) is 60.4 Å². The minimum Gasteiger partial charge on any atom is -0.493 e. The summed E-state index contributed by atoms with van der Waals surface area (Å²) in [5.41, 5.74) is 1.55. The van der Waals surface area contributed by atoms with Crippen LogP contribution in [0.4, 0.5) is 0 Å². The third-order valence-electron chi connectivity index (χ3n) is 6.10. The van der Waals surface area contributed by atoms with Crippen molar-refractivity contribution in [1.82, 2.24) is 0 Å². The van der Waals surface area contributed by atoms with E-state index in [0.29, 0.717) is 61.0 Å². The van der Waals surface area contributed by atoms with Crippen LogP contribution in [0.15, 0.2) is 29.2 Å². The molecule has 3 rings (SSSR count). The molecular formula is C27H38O9S. The molecule has 9 nitrogen and oxygen atoms in total. The van der Waals surface area contributed by atoms with Gasteiger partial charge in [-0.25, -0.2) is 8.42 Å². The third kappa shape index (κ3) is 6.61. The van der Waals surface area contributed by atoms with Crippen molar-refractivity contribution in [3.05, 3.63) is 35.4 Å². The Balaban J connectivity index is 2.01. The Hall–Kier alpha value is -2.69. The van der Waals surface area contributed by atoms with Crippen molar-refractivity contribution in [3.8, 4) is 28.7 Å². The van der Waals surface area contributed by atoms with Crippen LogP contribution in [0.25, 0.3) is 0 Å². The molecule has 1 N–H and O–H groups in total. The average molecular weight is 539 g/mol. The summed E-state index contributed by atoms with van der Waals surface area (Å²) >= 11 is 0. The van der Waals surface area contributed by atoms with Crippen molar-refractivity contribution in [1.29, 1.82) is 0 Å². The van der Waals surface area contributed by atoms with Crippen molar-refractivity contribution >= 4 is 9.84 Å². The molecule has 2 atom stereocenters. The molecular weight excluding hydrogens is 500 g/mol. The standard InChI is InChI=1S/C27H38O9S/c1-6-11-34-24-16-19(17-25(27(24)35-12-7-2)37(29,30)13-10-28)21-9-8-20(36-21)18-14-22(31-3)26(33-5)23(15-18)32-4/h14-17,20-21,28H,6-13H2,1-5H3/t20-,21-/m0/s1. The highest BCUT2D eigenvalue weighted by Gasteiger charge is 2.32. The minimum absolute atomic E-state index is 0.0124. The number of rotatable bonds is 14. The first kappa shape index (κ1) is 28.9. The Kier molecular flexibility index (Phi) is 10.3. The first-order chi connectivity index (χ1) is 17.8. The maximum Gasteiger partial charge on any atom is 0.203 e. The van der Waals surface area contributed by atoms with Crippen LogP contribution in [0, 0.1) is 0 Å². The number of aliphatic hydroxyl groups excluding tert-OH is 1. The van der Waals surface area contributed by atoms with Gasteiger partial charge in [0.2, 0.25) is 5.75 Å². The van der Waals surface area contributed by atoms with E-state index in [4.69, 9.17) is 28.4 Å². The van der Waals surface area contributed by atoms with Gasteiger partial charge in [-0.15, -0.1) is 0 Å². The fourth-order valence-electron chi connectivity index (χ4n) is 4.32. The maximum atomic E-state index is 13.1. The van der Waals surface area contributed by atoms with Crippen LogP contribution >= 0.6 is 0 Å². The number of sulfone groups is 1. The number of hydrogen-bond donors (Lipinski definition) is 1. The first-order valence-electron chi connectivity index (χ1n) is 12.6. The van der Waals surface area contributed by atoms with Gasteiger partial charge in [-0.3, -0.25) is 0 Å². The normalized spacial score (nSPS) is 17.5. The Morgan fingerprint density at radius 3 is 1.86 bits per heavy atom. The summed E-state index contributed by atoms with van der Waals surface area (Å²) in [4.78, 5) is 0.0124.